The summed E-state index contributed by atoms with van der Waals surface area (Å²) in [6.07, 6.45) is 5.90. The normalized spacial score (nSPS) is 21.2. The van der Waals surface area contributed by atoms with Crippen molar-refractivity contribution in [3.05, 3.63) is 87.4 Å². The number of likely N-dealkylation sites (tertiary alicyclic amines) is 1. The topological polar surface area (TPSA) is 74.7 Å². The second-order valence-corrected chi connectivity index (χ2v) is 11.8. The smallest absolute Gasteiger partial charge is 0.410 e. The minimum atomic E-state index is -1.09. The maximum atomic E-state index is 14.8. The van der Waals surface area contributed by atoms with Gasteiger partial charge in [0.25, 0.3) is 0 Å². The van der Waals surface area contributed by atoms with Crippen LogP contribution in [0.1, 0.15) is 69.5 Å². The summed E-state index contributed by atoms with van der Waals surface area (Å²) in [7, 11) is 0. The van der Waals surface area contributed by atoms with Gasteiger partial charge in [-0.15, -0.1) is 0 Å². The van der Waals surface area contributed by atoms with Gasteiger partial charge in [-0.2, -0.15) is 4.39 Å². The van der Waals surface area contributed by atoms with E-state index in [1.54, 1.807) is 12.1 Å². The first-order valence-electron chi connectivity index (χ1n) is 14.2. The molecule has 0 unspecified atom stereocenters. The standard InChI is InChI=1S/C33H37F2N3O3/c1-20-7-8-22(19-27(30(20)36)25-11-14-37-31(35)29(25)34)23-9-10-24(21-12-16-40-17-13-21)26(18-23)28-6-5-15-38(28)32(39)41-33(2,3)4/h7-11,14,18-19,21,28,36-37H,1,5-6,12-13,15-17H2,2-4H3/b27-25+,36-30?/t28-/m0/s1. The summed E-state index contributed by atoms with van der Waals surface area (Å²) in [4.78, 5) is 15.1. The fourth-order valence-corrected chi connectivity index (χ4v) is 5.83. The molecule has 0 bridgehead atoms. The predicted molar refractivity (Wildman–Crippen MR) is 155 cm³/mol. The largest absolute Gasteiger partial charge is 0.444 e. The summed E-state index contributed by atoms with van der Waals surface area (Å²) in [5.74, 6) is -1.83. The summed E-state index contributed by atoms with van der Waals surface area (Å²) >= 11 is 0. The highest BCUT2D eigenvalue weighted by Crippen LogP contribution is 2.41. The third kappa shape index (κ3) is 6.12. The first-order valence-corrected chi connectivity index (χ1v) is 14.2. The predicted octanol–water partition coefficient (Wildman–Crippen LogP) is 5.59. The second kappa shape index (κ2) is 11.6. The molecular weight excluding hydrogens is 524 g/mol. The zero-order chi connectivity index (χ0) is 29.3. The lowest BCUT2D eigenvalue weighted by Crippen LogP contribution is -2.37. The van der Waals surface area contributed by atoms with E-state index in [9.17, 15) is 13.6 Å². The van der Waals surface area contributed by atoms with Crippen molar-refractivity contribution in [3.63, 3.8) is 0 Å². The number of benzene rings is 1. The molecule has 216 valence electrons. The van der Waals surface area contributed by atoms with Gasteiger partial charge in [-0.25, -0.2) is 9.18 Å². The second-order valence-electron chi connectivity index (χ2n) is 11.8. The Morgan fingerprint density at radius 3 is 2.51 bits per heavy atom. The van der Waals surface area contributed by atoms with Gasteiger partial charge in [-0.05, 0) is 98.1 Å². The van der Waals surface area contributed by atoms with Gasteiger partial charge in [0.2, 0.25) is 5.95 Å². The van der Waals surface area contributed by atoms with Gasteiger partial charge >= 0.3 is 6.09 Å². The molecule has 2 N–H and O–H groups in total. The molecule has 5 rings (SSSR count). The Kier molecular flexibility index (Phi) is 8.13. The van der Waals surface area contributed by atoms with Crippen molar-refractivity contribution >= 4 is 18.2 Å². The number of nitrogens with one attached hydrogen (secondary N) is 2. The van der Waals surface area contributed by atoms with Crippen LogP contribution in [0.5, 0.6) is 0 Å². The highest BCUT2D eigenvalue weighted by molar-refractivity contribution is 5.74. The number of carbonyl (C=O) groups is 1. The number of dihydropyridines is 1. The summed E-state index contributed by atoms with van der Waals surface area (Å²) in [6, 6.07) is 11.4. The third-order valence-electron chi connectivity index (χ3n) is 7.85. The van der Waals surface area contributed by atoms with Crippen molar-refractivity contribution < 1.29 is 23.0 Å². The fraction of sp³-hybridized carbons (Fsp3) is 0.394. The Bertz CT molecular complexity index is 1590. The molecule has 41 heavy (non-hydrogen) atoms. The molecule has 3 aliphatic rings. The average molecular weight is 562 g/mol. The van der Waals surface area contributed by atoms with Crippen LogP contribution in [0.4, 0.5) is 13.6 Å². The van der Waals surface area contributed by atoms with Crippen LogP contribution < -0.4 is 21.1 Å². The van der Waals surface area contributed by atoms with Gasteiger partial charge in [0.05, 0.1) is 11.4 Å². The van der Waals surface area contributed by atoms with Gasteiger partial charge < -0.3 is 19.7 Å². The molecule has 2 saturated heterocycles. The lowest BCUT2D eigenvalue weighted by atomic mass is 9.84. The van der Waals surface area contributed by atoms with Gasteiger partial charge in [0.15, 0.2) is 5.83 Å². The zero-order valence-corrected chi connectivity index (χ0v) is 23.9. The number of hydrogen-bond donors (Lipinski definition) is 2. The molecule has 6 nitrogen and oxygen atoms in total. The molecular formula is C33H37F2N3O3. The van der Waals surface area contributed by atoms with E-state index < -0.39 is 17.4 Å². The quantitative estimate of drug-likeness (QED) is 0.480. The summed E-state index contributed by atoms with van der Waals surface area (Å²) < 4.78 is 40.4. The minimum absolute atomic E-state index is 0.0143. The molecule has 1 atom stereocenters. The van der Waals surface area contributed by atoms with Crippen LogP contribution in [0.25, 0.3) is 23.3 Å². The van der Waals surface area contributed by atoms with Crippen LogP contribution in [-0.2, 0) is 9.47 Å². The molecule has 3 aliphatic heterocycles. The monoisotopic (exact) mass is 561 g/mol. The molecule has 0 spiro atoms. The van der Waals surface area contributed by atoms with Crippen molar-refractivity contribution in [1.82, 2.24) is 10.2 Å². The molecule has 0 radical (unpaired) electrons. The van der Waals surface area contributed by atoms with Gasteiger partial charge in [0, 0.05) is 36.8 Å². The van der Waals surface area contributed by atoms with E-state index in [4.69, 9.17) is 14.9 Å². The maximum absolute atomic E-state index is 14.8. The summed E-state index contributed by atoms with van der Waals surface area (Å²) in [5, 5.41) is 11.5. The maximum Gasteiger partial charge on any atom is 0.410 e. The Balaban J connectivity index is 1.67. The molecule has 2 aromatic rings. The van der Waals surface area contributed by atoms with E-state index >= 15 is 0 Å². The molecule has 2 aromatic carbocycles. The van der Waals surface area contributed by atoms with E-state index in [1.165, 1.54) is 17.8 Å². The minimum Gasteiger partial charge on any atom is -0.444 e. The zero-order valence-electron chi connectivity index (χ0n) is 23.9. The number of carbonyl (C=O) groups excluding carboxylic acids is 1. The molecule has 8 heteroatoms. The SMILES string of the molecule is C=c1ccc(-c2ccc(C3CCOCC3)c([C@@H]3CCCN3C(=O)OC(C)(C)C)c2)c/c(=C2/C=CNC(F)=C2F)c1=N. The lowest BCUT2D eigenvalue weighted by Gasteiger charge is -2.32. The van der Waals surface area contributed by atoms with Crippen LogP contribution >= 0.6 is 0 Å². The number of hydrogen-bond acceptors (Lipinski definition) is 5. The van der Waals surface area contributed by atoms with Gasteiger partial charge in [-0.3, -0.25) is 5.41 Å². The van der Waals surface area contributed by atoms with Crippen LogP contribution in [0.15, 0.2) is 60.5 Å². The average Bonchev–Trinajstić information content (AvgIpc) is 3.39. The number of allylic oxidation sites excluding steroid dienone is 2. The Labute approximate surface area is 239 Å². The number of rotatable bonds is 3. The summed E-state index contributed by atoms with van der Waals surface area (Å²) in [5.41, 5.74) is 3.24. The number of amides is 1. The number of ether oxygens (including phenoxy) is 2. The van der Waals surface area contributed by atoms with Gasteiger partial charge in [0.1, 0.15) is 5.60 Å². The van der Waals surface area contributed by atoms with Crippen LogP contribution in [0, 0.1) is 5.41 Å². The van der Waals surface area contributed by atoms with E-state index in [-0.39, 0.29) is 28.3 Å². The summed E-state index contributed by atoms with van der Waals surface area (Å²) in [6.45, 7) is 11.6. The van der Waals surface area contributed by atoms with Crippen molar-refractivity contribution in [3.8, 4) is 11.1 Å². The Morgan fingerprint density at radius 1 is 1.07 bits per heavy atom. The van der Waals surface area contributed by atoms with Crippen molar-refractivity contribution in [2.75, 3.05) is 19.8 Å². The lowest BCUT2D eigenvalue weighted by molar-refractivity contribution is 0.0222. The van der Waals surface area contributed by atoms with E-state index in [0.29, 0.717) is 30.9 Å². The highest BCUT2D eigenvalue weighted by Gasteiger charge is 2.35. The molecule has 0 saturated carbocycles. The Hall–Kier alpha value is -3.78. The molecule has 0 aromatic heterocycles. The first-order chi connectivity index (χ1) is 19.5. The molecule has 3 heterocycles. The van der Waals surface area contributed by atoms with Gasteiger partial charge in [-0.1, -0.05) is 30.8 Å². The van der Waals surface area contributed by atoms with Crippen molar-refractivity contribution in [2.45, 2.75) is 64.0 Å². The van der Waals surface area contributed by atoms with Crippen LogP contribution in [0.2, 0.25) is 0 Å². The first kappa shape index (κ1) is 28.7. The number of nitrogens with zero attached hydrogens (tertiary/aromatic N) is 1. The Morgan fingerprint density at radius 2 is 1.78 bits per heavy atom. The van der Waals surface area contributed by atoms with E-state index in [0.717, 1.165) is 42.4 Å². The van der Waals surface area contributed by atoms with Crippen molar-refractivity contribution in [1.29, 1.82) is 5.41 Å². The van der Waals surface area contributed by atoms with Crippen LogP contribution in [0.3, 0.4) is 0 Å². The molecule has 1 amide bonds. The molecule has 0 aliphatic carbocycles. The van der Waals surface area contributed by atoms with Crippen molar-refractivity contribution in [2.24, 2.45) is 0 Å². The third-order valence-corrected chi connectivity index (χ3v) is 7.85. The van der Waals surface area contributed by atoms with E-state index in [1.807, 2.05) is 37.8 Å². The number of halogens is 2. The van der Waals surface area contributed by atoms with E-state index in [2.05, 4.69) is 24.0 Å². The highest BCUT2D eigenvalue weighted by atomic mass is 19.2. The fourth-order valence-electron chi connectivity index (χ4n) is 5.83. The molecule has 2 fully saturated rings. The van der Waals surface area contributed by atoms with Crippen LogP contribution in [-0.4, -0.2) is 36.4 Å².